The monoisotopic (exact) mass is 170 g/mol. The molecular weight excluding hydrogens is 148 g/mol. The Morgan fingerprint density at radius 1 is 1.42 bits per heavy atom. The van der Waals surface area contributed by atoms with Gasteiger partial charge in [-0.1, -0.05) is 6.42 Å². The zero-order chi connectivity index (χ0) is 8.97. The second-order valence-electron chi connectivity index (χ2n) is 4.15. The minimum Gasteiger partial charge on any atom is -0.330 e. The van der Waals surface area contributed by atoms with E-state index >= 15 is 0 Å². The smallest absolute Gasteiger partial charge is 0.0118 e. The Morgan fingerprint density at radius 3 is 2.42 bits per heavy atom. The summed E-state index contributed by atoms with van der Waals surface area (Å²) in [5.74, 6) is 0.964. The lowest BCUT2D eigenvalue weighted by molar-refractivity contribution is 0.131. The first-order valence-corrected chi connectivity index (χ1v) is 5.12. The summed E-state index contributed by atoms with van der Waals surface area (Å²) in [6.45, 7) is 0.844. The van der Waals surface area contributed by atoms with Crippen LogP contribution < -0.4 is 5.73 Å². The maximum Gasteiger partial charge on any atom is 0.0118 e. The molecule has 0 aromatic heterocycles. The van der Waals surface area contributed by atoms with Gasteiger partial charge in [0.25, 0.3) is 0 Å². The topological polar surface area (TPSA) is 29.3 Å². The van der Waals surface area contributed by atoms with E-state index in [1.807, 2.05) is 0 Å². The van der Waals surface area contributed by atoms with Gasteiger partial charge in [-0.15, -0.1) is 0 Å². The van der Waals surface area contributed by atoms with E-state index in [1.54, 1.807) is 0 Å². The normalized spacial score (nSPS) is 21.0. The first-order chi connectivity index (χ1) is 5.75. The molecule has 1 rings (SSSR count). The zero-order valence-electron chi connectivity index (χ0n) is 8.42. The number of hydrogen-bond acceptors (Lipinski definition) is 2. The van der Waals surface area contributed by atoms with Crippen molar-refractivity contribution in [2.45, 2.75) is 38.1 Å². The molecule has 1 fully saturated rings. The fourth-order valence-corrected chi connectivity index (χ4v) is 2.07. The first-order valence-electron chi connectivity index (χ1n) is 5.12. The van der Waals surface area contributed by atoms with Crippen molar-refractivity contribution in [3.05, 3.63) is 0 Å². The van der Waals surface area contributed by atoms with E-state index in [0.29, 0.717) is 0 Å². The van der Waals surface area contributed by atoms with Crippen LogP contribution in [0.15, 0.2) is 0 Å². The molecule has 72 valence electrons. The molecule has 2 nitrogen and oxygen atoms in total. The summed E-state index contributed by atoms with van der Waals surface area (Å²) >= 11 is 0. The molecule has 0 aliphatic heterocycles. The summed E-state index contributed by atoms with van der Waals surface area (Å²) in [6.07, 6.45) is 6.78. The average Bonchev–Trinajstić information content (AvgIpc) is 1.93. The Hall–Kier alpha value is -0.0800. The van der Waals surface area contributed by atoms with Crippen LogP contribution in [0.2, 0.25) is 0 Å². The molecule has 0 saturated heterocycles. The third kappa shape index (κ3) is 2.46. The average molecular weight is 170 g/mol. The van der Waals surface area contributed by atoms with Crippen molar-refractivity contribution in [1.82, 2.24) is 4.90 Å². The highest BCUT2D eigenvalue weighted by molar-refractivity contribution is 4.82. The Kier molecular flexibility index (Phi) is 4.02. The zero-order valence-corrected chi connectivity index (χ0v) is 8.42. The number of nitrogens with two attached hydrogens (primary N) is 1. The largest absolute Gasteiger partial charge is 0.330 e. The van der Waals surface area contributed by atoms with Gasteiger partial charge in [-0.2, -0.15) is 0 Å². The van der Waals surface area contributed by atoms with Gasteiger partial charge in [-0.3, -0.25) is 0 Å². The SMILES string of the molecule is CN(C)C(CCCN)C1CCC1. The highest BCUT2D eigenvalue weighted by atomic mass is 15.1. The Labute approximate surface area is 76.1 Å². The molecule has 0 aromatic rings. The van der Waals surface area contributed by atoms with Crippen LogP contribution in [0.5, 0.6) is 0 Å². The second-order valence-corrected chi connectivity index (χ2v) is 4.15. The van der Waals surface area contributed by atoms with E-state index in [-0.39, 0.29) is 0 Å². The van der Waals surface area contributed by atoms with Gasteiger partial charge in [0.15, 0.2) is 0 Å². The molecule has 0 bridgehead atoms. The predicted molar refractivity (Wildman–Crippen MR) is 53.1 cm³/mol. The molecular formula is C10H22N2. The van der Waals surface area contributed by atoms with Crippen LogP contribution in [0.3, 0.4) is 0 Å². The molecule has 12 heavy (non-hydrogen) atoms. The van der Waals surface area contributed by atoms with E-state index < -0.39 is 0 Å². The van der Waals surface area contributed by atoms with Gasteiger partial charge in [-0.25, -0.2) is 0 Å². The van der Waals surface area contributed by atoms with Crippen molar-refractivity contribution >= 4 is 0 Å². The fourth-order valence-electron chi connectivity index (χ4n) is 2.07. The van der Waals surface area contributed by atoms with Crippen LogP contribution >= 0.6 is 0 Å². The Morgan fingerprint density at radius 2 is 2.08 bits per heavy atom. The highest BCUT2D eigenvalue weighted by Gasteiger charge is 2.27. The summed E-state index contributed by atoms with van der Waals surface area (Å²) in [6, 6.07) is 0.794. The van der Waals surface area contributed by atoms with Crippen LogP contribution in [0.25, 0.3) is 0 Å². The van der Waals surface area contributed by atoms with Gasteiger partial charge in [0, 0.05) is 6.04 Å². The van der Waals surface area contributed by atoms with Gasteiger partial charge in [0.2, 0.25) is 0 Å². The summed E-state index contributed by atoms with van der Waals surface area (Å²) in [5.41, 5.74) is 5.52. The van der Waals surface area contributed by atoms with Gasteiger partial charge in [0.05, 0.1) is 0 Å². The maximum atomic E-state index is 5.52. The van der Waals surface area contributed by atoms with Gasteiger partial charge in [0.1, 0.15) is 0 Å². The Balaban J connectivity index is 2.27. The van der Waals surface area contributed by atoms with Crippen LogP contribution in [-0.2, 0) is 0 Å². The van der Waals surface area contributed by atoms with Crippen molar-refractivity contribution < 1.29 is 0 Å². The van der Waals surface area contributed by atoms with E-state index in [2.05, 4.69) is 19.0 Å². The maximum absolute atomic E-state index is 5.52. The molecule has 0 amide bonds. The quantitative estimate of drug-likeness (QED) is 0.677. The van der Waals surface area contributed by atoms with Crippen LogP contribution in [0, 0.1) is 5.92 Å². The third-order valence-corrected chi connectivity index (χ3v) is 3.06. The fraction of sp³-hybridized carbons (Fsp3) is 1.00. The molecule has 0 heterocycles. The van der Waals surface area contributed by atoms with E-state index in [9.17, 15) is 0 Å². The molecule has 1 aliphatic rings. The lowest BCUT2D eigenvalue weighted by atomic mass is 9.77. The molecule has 1 saturated carbocycles. The molecule has 2 N–H and O–H groups in total. The number of nitrogens with zero attached hydrogens (tertiary/aromatic N) is 1. The van der Waals surface area contributed by atoms with Crippen LogP contribution in [0.4, 0.5) is 0 Å². The lowest BCUT2D eigenvalue weighted by Gasteiger charge is -2.38. The molecule has 0 aromatic carbocycles. The van der Waals surface area contributed by atoms with Crippen molar-refractivity contribution in [2.75, 3.05) is 20.6 Å². The first kappa shape index (κ1) is 10.0. The van der Waals surface area contributed by atoms with Gasteiger partial charge in [-0.05, 0) is 52.2 Å². The molecule has 1 unspecified atom stereocenters. The minimum absolute atomic E-state index is 0.794. The van der Waals surface area contributed by atoms with Crippen molar-refractivity contribution in [1.29, 1.82) is 0 Å². The summed E-state index contributed by atoms with van der Waals surface area (Å²) in [4.78, 5) is 2.37. The van der Waals surface area contributed by atoms with Crippen LogP contribution in [0.1, 0.15) is 32.1 Å². The summed E-state index contributed by atoms with van der Waals surface area (Å²) in [5, 5.41) is 0. The van der Waals surface area contributed by atoms with Crippen LogP contribution in [-0.4, -0.2) is 31.6 Å². The third-order valence-electron chi connectivity index (χ3n) is 3.06. The molecule has 0 radical (unpaired) electrons. The molecule has 2 heteroatoms. The van der Waals surface area contributed by atoms with Gasteiger partial charge >= 0.3 is 0 Å². The van der Waals surface area contributed by atoms with Crippen molar-refractivity contribution in [2.24, 2.45) is 11.7 Å². The summed E-state index contributed by atoms with van der Waals surface area (Å²) in [7, 11) is 4.39. The molecule has 1 aliphatic carbocycles. The predicted octanol–water partition coefficient (Wildman–Crippen LogP) is 1.46. The number of hydrogen-bond donors (Lipinski definition) is 1. The van der Waals surface area contributed by atoms with Gasteiger partial charge < -0.3 is 10.6 Å². The number of rotatable bonds is 5. The van der Waals surface area contributed by atoms with Crippen molar-refractivity contribution in [3.63, 3.8) is 0 Å². The summed E-state index contributed by atoms with van der Waals surface area (Å²) < 4.78 is 0. The van der Waals surface area contributed by atoms with E-state index in [4.69, 9.17) is 5.73 Å². The molecule has 0 spiro atoms. The highest BCUT2D eigenvalue weighted by Crippen LogP contribution is 2.33. The Bertz CT molecular complexity index is 119. The standard InChI is InChI=1S/C10H22N2/c1-12(2)10(7-4-8-11)9-5-3-6-9/h9-10H,3-8,11H2,1-2H3. The minimum atomic E-state index is 0.794. The molecule has 1 atom stereocenters. The van der Waals surface area contributed by atoms with E-state index in [1.165, 1.54) is 32.1 Å². The van der Waals surface area contributed by atoms with E-state index in [0.717, 1.165) is 18.5 Å². The second kappa shape index (κ2) is 4.83. The lowest BCUT2D eigenvalue weighted by Crippen LogP contribution is -2.38. The van der Waals surface area contributed by atoms with Crippen molar-refractivity contribution in [3.8, 4) is 0 Å².